The number of nitrogens with zero attached hydrogens (tertiary/aromatic N) is 4. The molecule has 1 unspecified atom stereocenters. The molecule has 2 rings (SSSR count). The number of aromatic nitrogens is 2. The van der Waals surface area contributed by atoms with Crippen molar-refractivity contribution in [3.63, 3.8) is 0 Å². The van der Waals surface area contributed by atoms with Gasteiger partial charge < -0.3 is 9.80 Å². The highest BCUT2D eigenvalue weighted by atomic mass is 16.2. The molecule has 2 heterocycles. The van der Waals surface area contributed by atoms with Gasteiger partial charge in [-0.3, -0.25) is 9.48 Å². The smallest absolute Gasteiger partial charge is 0.257 e. The Balaban J connectivity index is 2.14. The molecule has 5 heteroatoms. The lowest BCUT2D eigenvalue weighted by atomic mass is 10.1. The zero-order valence-corrected chi connectivity index (χ0v) is 12.6. The maximum Gasteiger partial charge on any atom is 0.257 e. The number of likely N-dealkylation sites (N-methyl/N-ethyl adjacent to an activating group) is 1. The second-order valence-corrected chi connectivity index (χ2v) is 6.45. The maximum atomic E-state index is 12.5. The van der Waals surface area contributed by atoms with Crippen LogP contribution in [0.1, 0.15) is 38.1 Å². The average Bonchev–Trinajstić information content (AvgIpc) is 2.76. The van der Waals surface area contributed by atoms with Gasteiger partial charge in [0.05, 0.1) is 17.3 Å². The Labute approximate surface area is 115 Å². The summed E-state index contributed by atoms with van der Waals surface area (Å²) < 4.78 is 1.85. The lowest BCUT2D eigenvalue weighted by Gasteiger charge is -2.38. The van der Waals surface area contributed by atoms with E-state index < -0.39 is 0 Å². The zero-order valence-electron chi connectivity index (χ0n) is 12.6. The summed E-state index contributed by atoms with van der Waals surface area (Å²) in [6.07, 6.45) is 3.53. The number of amides is 1. The van der Waals surface area contributed by atoms with Crippen LogP contribution in [0.4, 0.5) is 0 Å². The van der Waals surface area contributed by atoms with Crippen molar-refractivity contribution in [2.75, 3.05) is 26.7 Å². The summed E-state index contributed by atoms with van der Waals surface area (Å²) in [5, 5.41) is 4.30. The van der Waals surface area contributed by atoms with Crippen molar-refractivity contribution >= 4 is 5.91 Å². The largest absolute Gasteiger partial charge is 0.333 e. The SMILES string of the molecule is CC1CN(C)CCN1C(=O)c1cnn(C(C)(C)C)c1. The molecular formula is C14H24N4O. The first kappa shape index (κ1) is 14.1. The van der Waals surface area contributed by atoms with Crippen molar-refractivity contribution in [3.05, 3.63) is 18.0 Å². The second kappa shape index (κ2) is 4.96. The predicted octanol–water partition coefficient (Wildman–Crippen LogP) is 1.41. The summed E-state index contributed by atoms with van der Waals surface area (Å²) in [6, 6.07) is 0.254. The number of carbonyl (C=O) groups is 1. The van der Waals surface area contributed by atoms with E-state index in [1.165, 1.54) is 0 Å². The quantitative estimate of drug-likeness (QED) is 0.770. The minimum absolute atomic E-state index is 0.0910. The Morgan fingerprint density at radius 3 is 2.58 bits per heavy atom. The summed E-state index contributed by atoms with van der Waals surface area (Å²) in [5.41, 5.74) is 0.595. The molecule has 1 fully saturated rings. The van der Waals surface area contributed by atoms with E-state index in [0.29, 0.717) is 5.56 Å². The van der Waals surface area contributed by atoms with Crippen molar-refractivity contribution in [3.8, 4) is 0 Å². The molecule has 1 aliphatic heterocycles. The van der Waals surface area contributed by atoms with E-state index >= 15 is 0 Å². The first-order valence-corrected chi connectivity index (χ1v) is 6.83. The Bertz CT molecular complexity index is 460. The van der Waals surface area contributed by atoms with Gasteiger partial charge in [-0.2, -0.15) is 5.10 Å². The van der Waals surface area contributed by atoms with E-state index in [2.05, 4.69) is 44.7 Å². The van der Waals surface area contributed by atoms with Gasteiger partial charge in [0.25, 0.3) is 5.91 Å². The lowest BCUT2D eigenvalue weighted by Crippen LogP contribution is -2.52. The fraction of sp³-hybridized carbons (Fsp3) is 0.714. The van der Waals surface area contributed by atoms with Crippen LogP contribution in [0.25, 0.3) is 0 Å². The molecule has 1 aromatic rings. The third-order valence-corrected chi connectivity index (χ3v) is 3.61. The second-order valence-electron chi connectivity index (χ2n) is 6.45. The Morgan fingerprint density at radius 1 is 1.37 bits per heavy atom. The standard InChI is InChI=1S/C14H24N4O/c1-11-9-16(5)6-7-17(11)13(19)12-8-15-18(10-12)14(2,3)4/h8,10-11H,6-7,9H2,1-5H3. The van der Waals surface area contributed by atoms with E-state index in [-0.39, 0.29) is 17.5 Å². The van der Waals surface area contributed by atoms with Crippen molar-refractivity contribution in [1.82, 2.24) is 19.6 Å². The Morgan fingerprint density at radius 2 is 2.05 bits per heavy atom. The van der Waals surface area contributed by atoms with Crippen LogP contribution in [0.3, 0.4) is 0 Å². The molecule has 1 aliphatic rings. The molecule has 1 atom stereocenters. The third-order valence-electron chi connectivity index (χ3n) is 3.61. The van der Waals surface area contributed by atoms with Crippen molar-refractivity contribution in [1.29, 1.82) is 0 Å². The van der Waals surface area contributed by atoms with Gasteiger partial charge in [0.1, 0.15) is 0 Å². The van der Waals surface area contributed by atoms with Gasteiger partial charge in [-0.25, -0.2) is 0 Å². The number of carbonyl (C=O) groups excluding carboxylic acids is 1. The number of hydrogen-bond acceptors (Lipinski definition) is 3. The summed E-state index contributed by atoms with van der Waals surface area (Å²) in [5.74, 6) is 0.0936. The number of piperazine rings is 1. The van der Waals surface area contributed by atoms with Crippen LogP contribution < -0.4 is 0 Å². The number of hydrogen-bond donors (Lipinski definition) is 0. The molecule has 0 aromatic carbocycles. The molecule has 0 spiro atoms. The van der Waals surface area contributed by atoms with E-state index in [1.54, 1.807) is 6.20 Å². The van der Waals surface area contributed by atoms with Gasteiger partial charge in [-0.15, -0.1) is 0 Å². The maximum absolute atomic E-state index is 12.5. The van der Waals surface area contributed by atoms with Crippen LogP contribution in [0, 0.1) is 0 Å². The van der Waals surface area contributed by atoms with E-state index in [0.717, 1.165) is 19.6 Å². The molecule has 0 N–H and O–H groups in total. The van der Waals surface area contributed by atoms with Gasteiger partial charge in [-0.1, -0.05) is 0 Å². The third kappa shape index (κ3) is 2.97. The average molecular weight is 264 g/mol. The van der Waals surface area contributed by atoms with Crippen LogP contribution >= 0.6 is 0 Å². The van der Waals surface area contributed by atoms with E-state index in [1.807, 2.05) is 15.8 Å². The molecule has 1 amide bonds. The molecule has 0 saturated carbocycles. The van der Waals surface area contributed by atoms with Crippen LogP contribution in [0.5, 0.6) is 0 Å². The molecule has 0 bridgehead atoms. The Hall–Kier alpha value is -1.36. The highest BCUT2D eigenvalue weighted by Crippen LogP contribution is 2.16. The normalized spacial score (nSPS) is 21.7. The lowest BCUT2D eigenvalue weighted by molar-refractivity contribution is 0.0533. The van der Waals surface area contributed by atoms with Crippen molar-refractivity contribution in [2.45, 2.75) is 39.3 Å². The molecule has 106 valence electrons. The van der Waals surface area contributed by atoms with Crippen molar-refractivity contribution < 1.29 is 4.79 Å². The van der Waals surface area contributed by atoms with Gasteiger partial charge in [0.2, 0.25) is 0 Å². The van der Waals surface area contributed by atoms with Crippen LogP contribution in [-0.2, 0) is 5.54 Å². The molecular weight excluding hydrogens is 240 g/mol. The molecule has 19 heavy (non-hydrogen) atoms. The van der Waals surface area contributed by atoms with Gasteiger partial charge in [0.15, 0.2) is 0 Å². The van der Waals surface area contributed by atoms with Crippen LogP contribution in [0.15, 0.2) is 12.4 Å². The van der Waals surface area contributed by atoms with Gasteiger partial charge in [-0.05, 0) is 34.7 Å². The summed E-state index contributed by atoms with van der Waals surface area (Å²) in [7, 11) is 2.09. The minimum Gasteiger partial charge on any atom is -0.333 e. The first-order chi connectivity index (χ1) is 8.79. The highest BCUT2D eigenvalue weighted by Gasteiger charge is 2.27. The zero-order chi connectivity index (χ0) is 14.2. The first-order valence-electron chi connectivity index (χ1n) is 6.83. The highest BCUT2D eigenvalue weighted by molar-refractivity contribution is 5.94. The van der Waals surface area contributed by atoms with Gasteiger partial charge >= 0.3 is 0 Å². The van der Waals surface area contributed by atoms with Crippen molar-refractivity contribution in [2.24, 2.45) is 0 Å². The Kier molecular flexibility index (Phi) is 3.67. The summed E-state index contributed by atoms with van der Waals surface area (Å²) >= 11 is 0. The van der Waals surface area contributed by atoms with E-state index in [4.69, 9.17) is 0 Å². The predicted molar refractivity (Wildman–Crippen MR) is 75.2 cm³/mol. The summed E-state index contributed by atoms with van der Waals surface area (Å²) in [6.45, 7) is 11.0. The molecule has 1 aromatic heterocycles. The molecule has 5 nitrogen and oxygen atoms in total. The van der Waals surface area contributed by atoms with Gasteiger partial charge in [0, 0.05) is 31.9 Å². The summed E-state index contributed by atoms with van der Waals surface area (Å²) in [4.78, 5) is 16.7. The van der Waals surface area contributed by atoms with Crippen LogP contribution in [0.2, 0.25) is 0 Å². The molecule has 0 radical (unpaired) electrons. The fourth-order valence-corrected chi connectivity index (χ4v) is 2.41. The number of rotatable bonds is 1. The fourth-order valence-electron chi connectivity index (χ4n) is 2.41. The monoisotopic (exact) mass is 264 g/mol. The van der Waals surface area contributed by atoms with E-state index in [9.17, 15) is 4.79 Å². The topological polar surface area (TPSA) is 41.4 Å². The molecule has 1 saturated heterocycles. The molecule has 0 aliphatic carbocycles. The van der Waals surface area contributed by atoms with Crippen LogP contribution in [-0.4, -0.2) is 58.2 Å². The minimum atomic E-state index is -0.0910.